The van der Waals surface area contributed by atoms with E-state index in [0.717, 1.165) is 27.4 Å². The maximum Gasteiger partial charge on any atom is 0.305 e. The van der Waals surface area contributed by atoms with E-state index >= 15 is 0 Å². The van der Waals surface area contributed by atoms with Crippen LogP contribution in [0.1, 0.15) is 18.4 Å². The van der Waals surface area contributed by atoms with Crippen LogP contribution in [0.15, 0.2) is 41.0 Å². The second-order valence-electron chi connectivity index (χ2n) is 5.40. The summed E-state index contributed by atoms with van der Waals surface area (Å²) in [7, 11) is 1.42. The molecule has 124 valence electrons. The molecule has 0 radical (unpaired) electrons. The Morgan fingerprint density at radius 2 is 2.04 bits per heavy atom. The predicted molar refractivity (Wildman–Crippen MR) is 99.6 cm³/mol. The lowest BCUT2D eigenvalue weighted by atomic mass is 10.1. The van der Waals surface area contributed by atoms with Gasteiger partial charge in [0.05, 0.1) is 12.5 Å². The minimum Gasteiger partial charge on any atom is -0.469 e. The lowest BCUT2D eigenvalue weighted by molar-refractivity contribution is -0.140. The zero-order chi connectivity index (χ0) is 16.9. The van der Waals surface area contributed by atoms with E-state index in [4.69, 9.17) is 0 Å². The first-order valence-electron chi connectivity index (χ1n) is 7.68. The highest BCUT2D eigenvalue weighted by Gasteiger charge is 2.13. The number of hydrogen-bond donors (Lipinski definition) is 0. The predicted octanol–water partition coefficient (Wildman–Crippen LogP) is 4.71. The fraction of sp³-hybridized carbons (Fsp3) is 0.278. The number of thiophene rings is 1. The molecule has 0 saturated heterocycles. The van der Waals surface area contributed by atoms with Crippen LogP contribution >= 0.6 is 23.1 Å². The van der Waals surface area contributed by atoms with Crippen LogP contribution in [0.5, 0.6) is 0 Å². The molecule has 0 N–H and O–H groups in total. The molecule has 3 rings (SSSR count). The van der Waals surface area contributed by atoms with Crippen LogP contribution in [-0.2, 0) is 9.53 Å². The minimum atomic E-state index is -0.167. The molecule has 2 aromatic heterocycles. The maximum atomic E-state index is 11.2. The zero-order valence-corrected chi connectivity index (χ0v) is 15.2. The molecule has 24 heavy (non-hydrogen) atoms. The molecule has 0 spiro atoms. The van der Waals surface area contributed by atoms with Gasteiger partial charge in [0.25, 0.3) is 0 Å². The number of carbonyl (C=O) groups excluding carboxylic acids is 1. The summed E-state index contributed by atoms with van der Waals surface area (Å²) < 4.78 is 4.67. The van der Waals surface area contributed by atoms with Gasteiger partial charge >= 0.3 is 5.97 Å². The van der Waals surface area contributed by atoms with E-state index in [1.165, 1.54) is 23.8 Å². The summed E-state index contributed by atoms with van der Waals surface area (Å²) in [6, 6.07) is 8.50. The van der Waals surface area contributed by atoms with Crippen LogP contribution in [0.3, 0.4) is 0 Å². The van der Waals surface area contributed by atoms with E-state index in [-0.39, 0.29) is 5.97 Å². The highest BCUT2D eigenvalue weighted by Crippen LogP contribution is 2.38. The Labute approximate surface area is 149 Å². The fourth-order valence-electron chi connectivity index (χ4n) is 2.39. The van der Waals surface area contributed by atoms with Crippen LogP contribution in [0.4, 0.5) is 0 Å². The van der Waals surface area contributed by atoms with E-state index in [0.29, 0.717) is 6.42 Å². The molecular weight excluding hydrogens is 340 g/mol. The topological polar surface area (TPSA) is 52.1 Å². The standard InChI is InChI=1S/C18H18N2O2S2/c1-12-5-7-13(8-6-12)14-10-24-18-16(14)17(19-11-20-18)23-9-3-4-15(21)22-2/h5-8,10-11H,3-4,9H2,1-2H3. The number of esters is 1. The molecule has 0 bridgehead atoms. The molecule has 0 atom stereocenters. The van der Waals surface area contributed by atoms with Gasteiger partial charge in [-0.15, -0.1) is 23.1 Å². The zero-order valence-electron chi connectivity index (χ0n) is 13.6. The Morgan fingerprint density at radius 1 is 1.25 bits per heavy atom. The van der Waals surface area contributed by atoms with Crippen molar-refractivity contribution in [3.05, 3.63) is 41.5 Å². The van der Waals surface area contributed by atoms with Crippen molar-refractivity contribution < 1.29 is 9.53 Å². The molecule has 0 amide bonds. The first kappa shape index (κ1) is 16.9. The first-order valence-corrected chi connectivity index (χ1v) is 9.54. The molecule has 0 fully saturated rings. The van der Waals surface area contributed by atoms with Crippen LogP contribution in [0.25, 0.3) is 21.3 Å². The molecular formula is C18H18N2O2S2. The molecule has 3 aromatic rings. The third-order valence-corrected chi connectivity index (χ3v) is 5.65. The number of aryl methyl sites for hydroxylation is 1. The van der Waals surface area contributed by atoms with Crippen molar-refractivity contribution in [2.24, 2.45) is 0 Å². The quantitative estimate of drug-likeness (QED) is 0.276. The summed E-state index contributed by atoms with van der Waals surface area (Å²) >= 11 is 3.30. The molecule has 0 aliphatic carbocycles. The highest BCUT2D eigenvalue weighted by atomic mass is 32.2. The van der Waals surface area contributed by atoms with Crippen LogP contribution in [-0.4, -0.2) is 28.8 Å². The van der Waals surface area contributed by atoms with Crippen LogP contribution in [0, 0.1) is 6.92 Å². The number of nitrogens with zero attached hydrogens (tertiary/aromatic N) is 2. The normalized spacial score (nSPS) is 10.9. The summed E-state index contributed by atoms with van der Waals surface area (Å²) in [6.07, 6.45) is 2.82. The van der Waals surface area contributed by atoms with Gasteiger partial charge in [0.1, 0.15) is 16.2 Å². The largest absolute Gasteiger partial charge is 0.469 e. The molecule has 0 aliphatic rings. The van der Waals surface area contributed by atoms with Crippen molar-refractivity contribution in [3.8, 4) is 11.1 Å². The third-order valence-electron chi connectivity index (χ3n) is 3.69. The van der Waals surface area contributed by atoms with Crippen molar-refractivity contribution in [1.82, 2.24) is 9.97 Å². The van der Waals surface area contributed by atoms with E-state index < -0.39 is 0 Å². The average Bonchev–Trinajstić information content (AvgIpc) is 3.04. The van der Waals surface area contributed by atoms with E-state index in [1.807, 2.05) is 0 Å². The lowest BCUT2D eigenvalue weighted by Gasteiger charge is -2.05. The minimum absolute atomic E-state index is 0.167. The maximum absolute atomic E-state index is 11.2. The summed E-state index contributed by atoms with van der Waals surface area (Å²) in [5.74, 6) is 0.657. The van der Waals surface area contributed by atoms with Gasteiger partial charge in [-0.05, 0) is 18.9 Å². The summed E-state index contributed by atoms with van der Waals surface area (Å²) in [5, 5.41) is 4.22. The SMILES string of the molecule is COC(=O)CCCSc1ncnc2scc(-c3ccc(C)cc3)c12. The summed E-state index contributed by atoms with van der Waals surface area (Å²) in [6.45, 7) is 2.08. The van der Waals surface area contributed by atoms with Crippen molar-refractivity contribution in [2.75, 3.05) is 12.9 Å². The van der Waals surface area contributed by atoms with Gasteiger partial charge < -0.3 is 4.74 Å². The number of fused-ring (bicyclic) bond motifs is 1. The van der Waals surface area contributed by atoms with Gasteiger partial charge in [0.15, 0.2) is 0 Å². The Morgan fingerprint density at radius 3 is 2.79 bits per heavy atom. The van der Waals surface area contributed by atoms with Gasteiger partial charge in [0.2, 0.25) is 0 Å². The van der Waals surface area contributed by atoms with Gasteiger partial charge in [-0.25, -0.2) is 9.97 Å². The Bertz CT molecular complexity index is 844. The average molecular weight is 358 g/mol. The molecule has 0 unspecified atom stereocenters. The van der Waals surface area contributed by atoms with Gasteiger partial charge in [0, 0.05) is 23.1 Å². The van der Waals surface area contributed by atoms with Crippen molar-refractivity contribution >= 4 is 39.3 Å². The number of hydrogen-bond acceptors (Lipinski definition) is 6. The van der Waals surface area contributed by atoms with Crippen molar-refractivity contribution in [3.63, 3.8) is 0 Å². The molecule has 1 aromatic carbocycles. The van der Waals surface area contributed by atoms with Crippen molar-refractivity contribution in [1.29, 1.82) is 0 Å². The number of rotatable bonds is 6. The first-order chi connectivity index (χ1) is 11.7. The van der Waals surface area contributed by atoms with Gasteiger partial charge in [-0.2, -0.15) is 0 Å². The van der Waals surface area contributed by atoms with E-state index in [1.54, 1.807) is 29.4 Å². The number of methoxy groups -OCH3 is 1. The summed E-state index contributed by atoms with van der Waals surface area (Å²) in [5.41, 5.74) is 3.59. The molecule has 0 saturated carbocycles. The summed E-state index contributed by atoms with van der Waals surface area (Å²) in [4.78, 5) is 21.1. The van der Waals surface area contributed by atoms with E-state index in [9.17, 15) is 4.79 Å². The second kappa shape index (κ2) is 7.77. The number of carbonyl (C=O) groups is 1. The second-order valence-corrected chi connectivity index (χ2v) is 7.34. The number of aromatic nitrogens is 2. The Kier molecular flexibility index (Phi) is 5.48. The van der Waals surface area contributed by atoms with Gasteiger partial charge in [-0.1, -0.05) is 29.8 Å². The smallest absolute Gasteiger partial charge is 0.305 e. The highest BCUT2D eigenvalue weighted by molar-refractivity contribution is 7.99. The Balaban J connectivity index is 1.84. The number of benzene rings is 1. The molecule has 6 heteroatoms. The molecule has 0 aliphatic heterocycles. The lowest BCUT2D eigenvalue weighted by Crippen LogP contribution is -2.00. The van der Waals surface area contributed by atoms with Crippen molar-refractivity contribution in [2.45, 2.75) is 24.8 Å². The monoisotopic (exact) mass is 358 g/mol. The number of thioether (sulfide) groups is 1. The van der Waals surface area contributed by atoms with E-state index in [2.05, 4.69) is 51.3 Å². The Hall–Kier alpha value is -1.92. The van der Waals surface area contributed by atoms with Crippen LogP contribution in [0.2, 0.25) is 0 Å². The van der Waals surface area contributed by atoms with Crippen LogP contribution < -0.4 is 0 Å². The molecule has 2 heterocycles. The number of ether oxygens (including phenoxy) is 1. The fourth-order valence-corrected chi connectivity index (χ4v) is 4.33. The third kappa shape index (κ3) is 3.76. The molecule has 4 nitrogen and oxygen atoms in total. The van der Waals surface area contributed by atoms with Gasteiger partial charge in [-0.3, -0.25) is 4.79 Å².